The lowest BCUT2D eigenvalue weighted by atomic mass is 10.1. The number of unbranched alkanes of at least 4 members (excludes halogenated alkanes) is 1. The Bertz CT molecular complexity index is 792. The molecule has 1 amide bonds. The zero-order valence-corrected chi connectivity index (χ0v) is 15.6. The van der Waals surface area contributed by atoms with Crippen LogP contribution in [0.2, 0.25) is 0 Å². The Balaban J connectivity index is 1.85. The minimum absolute atomic E-state index is 0.0957. The quantitative estimate of drug-likeness (QED) is 0.794. The van der Waals surface area contributed by atoms with E-state index in [1.165, 1.54) is 0 Å². The maximum absolute atomic E-state index is 12.6. The van der Waals surface area contributed by atoms with Crippen molar-refractivity contribution in [3.05, 3.63) is 35.6 Å². The van der Waals surface area contributed by atoms with E-state index in [9.17, 15) is 4.79 Å². The summed E-state index contributed by atoms with van der Waals surface area (Å²) in [5, 5.41) is 1.79. The number of nitrogens with zero attached hydrogens (tertiary/aromatic N) is 2. The number of thioether (sulfide) groups is 1. The first kappa shape index (κ1) is 17.1. The van der Waals surface area contributed by atoms with E-state index in [4.69, 9.17) is 4.42 Å². The Morgan fingerprint density at radius 2 is 2.17 bits per heavy atom. The molecule has 0 N–H and O–H groups in total. The van der Waals surface area contributed by atoms with Gasteiger partial charge in [-0.3, -0.25) is 4.79 Å². The summed E-state index contributed by atoms with van der Waals surface area (Å²) in [6.07, 6.45) is 2.25. The van der Waals surface area contributed by atoms with Gasteiger partial charge in [-0.1, -0.05) is 25.1 Å². The van der Waals surface area contributed by atoms with Crippen LogP contribution in [0.15, 0.2) is 33.7 Å². The van der Waals surface area contributed by atoms with E-state index in [1.54, 1.807) is 17.8 Å². The van der Waals surface area contributed by atoms with Gasteiger partial charge in [-0.2, -0.15) is 4.99 Å². The third-order valence-electron chi connectivity index (χ3n) is 4.07. The Morgan fingerprint density at radius 3 is 2.92 bits per heavy atom. The van der Waals surface area contributed by atoms with Gasteiger partial charge in [-0.25, -0.2) is 0 Å². The predicted octanol–water partition coefficient (Wildman–Crippen LogP) is 4.86. The highest BCUT2D eigenvalue weighted by molar-refractivity contribution is 8.15. The summed E-state index contributed by atoms with van der Waals surface area (Å²) < 4.78 is 5.66. The molecule has 1 fully saturated rings. The molecule has 0 spiro atoms. The van der Waals surface area contributed by atoms with Gasteiger partial charge >= 0.3 is 0 Å². The van der Waals surface area contributed by atoms with E-state index < -0.39 is 0 Å². The van der Waals surface area contributed by atoms with Gasteiger partial charge in [0.1, 0.15) is 11.3 Å². The SMILES string of the molecule is CCCCN1CC(C)(C)S/C1=N\C(=O)c1ccc2oc(C)cc2c1. The first-order valence-electron chi connectivity index (χ1n) is 8.45. The summed E-state index contributed by atoms with van der Waals surface area (Å²) in [6, 6.07) is 7.44. The van der Waals surface area contributed by atoms with Crippen molar-refractivity contribution in [3.63, 3.8) is 0 Å². The Hall–Kier alpha value is -1.75. The highest BCUT2D eigenvalue weighted by atomic mass is 32.2. The summed E-state index contributed by atoms with van der Waals surface area (Å²) >= 11 is 1.69. The number of amidine groups is 1. The minimum Gasteiger partial charge on any atom is -0.461 e. The second-order valence-electron chi connectivity index (χ2n) is 6.95. The fourth-order valence-electron chi connectivity index (χ4n) is 2.95. The van der Waals surface area contributed by atoms with E-state index in [1.807, 2.05) is 25.1 Å². The largest absolute Gasteiger partial charge is 0.461 e. The van der Waals surface area contributed by atoms with Gasteiger partial charge in [0.15, 0.2) is 5.17 Å². The molecule has 1 aromatic heterocycles. The molecular formula is C19H24N2O2S. The molecule has 0 radical (unpaired) electrons. The van der Waals surface area contributed by atoms with Gasteiger partial charge in [0.05, 0.1) is 0 Å². The van der Waals surface area contributed by atoms with Crippen LogP contribution in [0.3, 0.4) is 0 Å². The molecule has 1 aliphatic rings. The summed E-state index contributed by atoms with van der Waals surface area (Å²) in [6.45, 7) is 10.4. The van der Waals surface area contributed by atoms with Crippen LogP contribution in [0.4, 0.5) is 0 Å². The number of carbonyl (C=O) groups is 1. The molecule has 2 heterocycles. The monoisotopic (exact) mass is 344 g/mol. The van der Waals surface area contributed by atoms with Gasteiger partial charge in [-0.15, -0.1) is 0 Å². The third-order valence-corrected chi connectivity index (χ3v) is 5.29. The predicted molar refractivity (Wildman–Crippen MR) is 101 cm³/mol. The molecule has 0 unspecified atom stereocenters. The molecule has 3 rings (SSSR count). The zero-order chi connectivity index (χ0) is 17.3. The number of aryl methyl sites for hydroxylation is 1. The fraction of sp³-hybridized carbons (Fsp3) is 0.474. The number of hydrogen-bond acceptors (Lipinski definition) is 3. The number of furan rings is 1. The number of carbonyl (C=O) groups excluding carboxylic acids is 1. The second kappa shape index (κ2) is 6.63. The lowest BCUT2D eigenvalue weighted by Gasteiger charge is -2.19. The van der Waals surface area contributed by atoms with E-state index in [-0.39, 0.29) is 10.7 Å². The van der Waals surface area contributed by atoms with E-state index in [2.05, 4.69) is 30.7 Å². The number of hydrogen-bond donors (Lipinski definition) is 0. The van der Waals surface area contributed by atoms with Gasteiger partial charge in [0, 0.05) is 28.8 Å². The van der Waals surface area contributed by atoms with Crippen molar-refractivity contribution < 1.29 is 9.21 Å². The normalized spacial score (nSPS) is 18.7. The number of aliphatic imine (C=N–C) groups is 1. The summed E-state index contributed by atoms with van der Waals surface area (Å²) in [7, 11) is 0. The van der Waals surface area contributed by atoms with Crippen LogP contribution in [-0.2, 0) is 0 Å². The van der Waals surface area contributed by atoms with Gasteiger partial charge in [-0.05, 0) is 51.5 Å². The van der Waals surface area contributed by atoms with E-state index >= 15 is 0 Å². The van der Waals surface area contributed by atoms with Crippen LogP contribution in [0.1, 0.15) is 49.7 Å². The van der Waals surface area contributed by atoms with Gasteiger partial charge in [0.25, 0.3) is 5.91 Å². The van der Waals surface area contributed by atoms with Crippen molar-refractivity contribution in [1.82, 2.24) is 4.90 Å². The van der Waals surface area contributed by atoms with Gasteiger partial charge < -0.3 is 9.32 Å². The van der Waals surface area contributed by atoms with Crippen molar-refractivity contribution in [2.24, 2.45) is 4.99 Å². The maximum Gasteiger partial charge on any atom is 0.279 e. The van der Waals surface area contributed by atoms with Crippen LogP contribution >= 0.6 is 11.8 Å². The number of fused-ring (bicyclic) bond motifs is 1. The lowest BCUT2D eigenvalue weighted by Crippen LogP contribution is -2.30. The molecule has 2 aromatic rings. The average molecular weight is 344 g/mol. The smallest absolute Gasteiger partial charge is 0.279 e. The molecule has 1 aliphatic heterocycles. The lowest BCUT2D eigenvalue weighted by molar-refractivity contribution is 0.100. The first-order chi connectivity index (χ1) is 11.4. The van der Waals surface area contributed by atoms with Crippen LogP contribution < -0.4 is 0 Å². The standard InChI is InChI=1S/C19H24N2O2S/c1-5-6-9-21-12-19(3,4)24-18(21)20-17(22)14-7-8-16-15(11-14)10-13(2)23-16/h7-8,10-11H,5-6,9,12H2,1-4H3/b20-18-. The van der Waals surface area contributed by atoms with E-state index in [0.29, 0.717) is 5.56 Å². The van der Waals surface area contributed by atoms with Crippen LogP contribution in [0, 0.1) is 6.92 Å². The van der Waals surface area contributed by atoms with Gasteiger partial charge in [0.2, 0.25) is 0 Å². The average Bonchev–Trinajstić information content (AvgIpc) is 3.02. The second-order valence-corrected chi connectivity index (χ2v) is 8.62. The number of amides is 1. The highest BCUT2D eigenvalue weighted by Crippen LogP contribution is 2.36. The Labute approximate surface area is 147 Å². The topological polar surface area (TPSA) is 45.8 Å². The number of rotatable bonds is 4. The van der Waals surface area contributed by atoms with Crippen LogP contribution in [-0.4, -0.2) is 33.8 Å². The molecule has 24 heavy (non-hydrogen) atoms. The zero-order valence-electron chi connectivity index (χ0n) is 14.8. The van der Waals surface area contributed by atoms with Crippen molar-refractivity contribution in [1.29, 1.82) is 0 Å². The Kier molecular flexibility index (Phi) is 4.72. The summed E-state index contributed by atoms with van der Waals surface area (Å²) in [5.74, 6) is 0.664. The third kappa shape index (κ3) is 3.66. The first-order valence-corrected chi connectivity index (χ1v) is 9.27. The highest BCUT2D eigenvalue weighted by Gasteiger charge is 2.35. The molecule has 0 aliphatic carbocycles. The fourth-order valence-corrected chi connectivity index (χ4v) is 4.08. The molecular weight excluding hydrogens is 320 g/mol. The maximum atomic E-state index is 12.6. The van der Waals surface area contributed by atoms with Crippen molar-refractivity contribution in [3.8, 4) is 0 Å². The molecule has 5 heteroatoms. The molecule has 128 valence electrons. The summed E-state index contributed by atoms with van der Waals surface area (Å²) in [5.41, 5.74) is 1.41. The van der Waals surface area contributed by atoms with Crippen molar-refractivity contribution in [2.75, 3.05) is 13.1 Å². The Morgan fingerprint density at radius 1 is 1.38 bits per heavy atom. The molecule has 1 saturated heterocycles. The molecule has 0 bridgehead atoms. The molecule has 0 saturated carbocycles. The summed E-state index contributed by atoms with van der Waals surface area (Å²) in [4.78, 5) is 19.3. The molecule has 4 nitrogen and oxygen atoms in total. The van der Waals surface area contributed by atoms with Crippen LogP contribution in [0.25, 0.3) is 11.0 Å². The van der Waals surface area contributed by atoms with Crippen LogP contribution in [0.5, 0.6) is 0 Å². The van der Waals surface area contributed by atoms with Crippen molar-refractivity contribution in [2.45, 2.75) is 45.3 Å². The molecule has 0 atom stereocenters. The molecule has 1 aromatic carbocycles. The van der Waals surface area contributed by atoms with Crippen molar-refractivity contribution >= 4 is 33.8 Å². The van der Waals surface area contributed by atoms with E-state index in [0.717, 1.165) is 47.8 Å². The minimum atomic E-state index is -0.183. The number of benzene rings is 1.